The molecule has 3 N–H and O–H groups in total. The molecule has 0 saturated heterocycles. The van der Waals surface area contributed by atoms with E-state index in [4.69, 9.17) is 10.5 Å². The van der Waals surface area contributed by atoms with Crippen LogP contribution in [-0.2, 0) is 0 Å². The second kappa shape index (κ2) is 6.32. The Morgan fingerprint density at radius 3 is 2.65 bits per heavy atom. The van der Waals surface area contributed by atoms with Gasteiger partial charge in [-0.3, -0.25) is 0 Å². The van der Waals surface area contributed by atoms with E-state index in [9.17, 15) is 0 Å². The van der Waals surface area contributed by atoms with Gasteiger partial charge in [0.15, 0.2) is 0 Å². The summed E-state index contributed by atoms with van der Waals surface area (Å²) in [5.74, 6) is 1.74. The lowest BCUT2D eigenvalue weighted by Crippen LogP contribution is -2.16. The molecule has 2 rings (SSSR count). The van der Waals surface area contributed by atoms with E-state index in [1.54, 1.807) is 0 Å². The number of nitrogen functional groups attached to an aromatic ring is 1. The van der Waals surface area contributed by atoms with Crippen molar-refractivity contribution in [3.8, 4) is 5.75 Å². The average Bonchev–Trinajstić information content (AvgIpc) is 2.73. The summed E-state index contributed by atoms with van der Waals surface area (Å²) in [5, 5.41) is 7.74. The third-order valence-electron chi connectivity index (χ3n) is 3.03. The fraction of sp³-hybridized carbons (Fsp3) is 0.400. The van der Waals surface area contributed by atoms with Crippen molar-refractivity contribution in [3.05, 3.63) is 36.0 Å². The number of hydrogen-bond donors (Lipinski definition) is 2. The zero-order chi connectivity index (χ0) is 14.5. The zero-order valence-corrected chi connectivity index (χ0v) is 12.3. The first kappa shape index (κ1) is 14.2. The van der Waals surface area contributed by atoms with Crippen LogP contribution in [0, 0.1) is 6.92 Å². The van der Waals surface area contributed by atoms with Gasteiger partial charge in [0.1, 0.15) is 18.2 Å². The van der Waals surface area contributed by atoms with E-state index in [-0.39, 0.29) is 6.04 Å². The third kappa shape index (κ3) is 3.23. The monoisotopic (exact) mass is 274 g/mol. The summed E-state index contributed by atoms with van der Waals surface area (Å²) < 4.78 is 7.55. The first-order valence-corrected chi connectivity index (χ1v) is 6.86. The maximum absolute atomic E-state index is 6.05. The van der Waals surface area contributed by atoms with E-state index in [0.717, 1.165) is 17.3 Å². The Bertz CT molecular complexity index is 549. The van der Waals surface area contributed by atoms with E-state index in [2.05, 4.69) is 24.3 Å². The van der Waals surface area contributed by atoms with Crippen LogP contribution < -0.4 is 15.8 Å². The molecule has 0 aliphatic carbocycles. The van der Waals surface area contributed by atoms with Crippen LogP contribution >= 0.6 is 0 Å². The summed E-state index contributed by atoms with van der Waals surface area (Å²) >= 11 is 0. The molecule has 0 spiro atoms. The molecule has 5 nitrogen and oxygen atoms in total. The van der Waals surface area contributed by atoms with Gasteiger partial charge in [-0.2, -0.15) is 5.10 Å². The van der Waals surface area contributed by atoms with Gasteiger partial charge in [0.05, 0.1) is 17.9 Å². The summed E-state index contributed by atoms with van der Waals surface area (Å²) in [6.07, 6.45) is 0. The number of nitrogens with zero attached hydrogens (tertiary/aromatic N) is 2. The molecule has 0 fully saturated rings. The van der Waals surface area contributed by atoms with Crippen molar-refractivity contribution in [1.82, 2.24) is 9.78 Å². The number of anilines is 2. The first-order valence-electron chi connectivity index (χ1n) is 6.86. The van der Waals surface area contributed by atoms with Crippen LogP contribution in [0.3, 0.4) is 0 Å². The molecule has 1 aromatic carbocycles. The molecule has 0 aliphatic rings. The van der Waals surface area contributed by atoms with E-state index in [0.29, 0.717) is 18.8 Å². The third-order valence-corrected chi connectivity index (χ3v) is 3.03. The van der Waals surface area contributed by atoms with Crippen LogP contribution in [0.4, 0.5) is 11.5 Å². The number of ether oxygens (including phenoxy) is 1. The smallest absolute Gasteiger partial charge is 0.148 e. The van der Waals surface area contributed by atoms with Crippen molar-refractivity contribution in [1.29, 1.82) is 0 Å². The minimum Gasteiger partial charge on any atom is -0.492 e. The largest absolute Gasteiger partial charge is 0.492 e. The Labute approximate surface area is 119 Å². The van der Waals surface area contributed by atoms with Crippen molar-refractivity contribution in [2.45, 2.75) is 26.8 Å². The zero-order valence-electron chi connectivity index (χ0n) is 12.3. The fourth-order valence-electron chi connectivity index (χ4n) is 1.97. The van der Waals surface area contributed by atoms with Crippen molar-refractivity contribution < 1.29 is 4.74 Å². The lowest BCUT2D eigenvalue weighted by molar-refractivity contribution is 0.332. The molecule has 0 atom stereocenters. The van der Waals surface area contributed by atoms with Gasteiger partial charge in [-0.05, 0) is 32.9 Å². The van der Waals surface area contributed by atoms with Gasteiger partial charge in [-0.1, -0.05) is 18.2 Å². The number of nitrogens with two attached hydrogens (primary N) is 1. The second-order valence-electron chi connectivity index (χ2n) is 4.97. The van der Waals surface area contributed by atoms with Crippen molar-refractivity contribution in [2.24, 2.45) is 0 Å². The number of rotatable bonds is 6. The maximum atomic E-state index is 6.05. The Morgan fingerprint density at radius 2 is 2.00 bits per heavy atom. The Hall–Kier alpha value is -2.17. The molecular formula is C15H22N4O. The number of nitrogens with one attached hydrogen (secondary N) is 1. The predicted octanol–water partition coefficient (Wildman–Crippen LogP) is 2.85. The summed E-state index contributed by atoms with van der Waals surface area (Å²) in [6.45, 7) is 7.33. The molecule has 1 heterocycles. The van der Waals surface area contributed by atoms with E-state index < -0.39 is 0 Å². The lowest BCUT2D eigenvalue weighted by Gasteiger charge is -2.13. The van der Waals surface area contributed by atoms with Crippen molar-refractivity contribution >= 4 is 11.5 Å². The number of benzene rings is 1. The van der Waals surface area contributed by atoms with Gasteiger partial charge in [0, 0.05) is 6.04 Å². The number of hydrogen-bond acceptors (Lipinski definition) is 4. The van der Waals surface area contributed by atoms with E-state index in [1.165, 1.54) is 0 Å². The molecule has 1 aromatic heterocycles. The van der Waals surface area contributed by atoms with E-state index >= 15 is 0 Å². The van der Waals surface area contributed by atoms with Crippen LogP contribution in [0.2, 0.25) is 0 Å². The topological polar surface area (TPSA) is 65.1 Å². The summed E-state index contributed by atoms with van der Waals surface area (Å²) in [7, 11) is 0. The highest BCUT2D eigenvalue weighted by molar-refractivity contribution is 5.64. The molecule has 20 heavy (non-hydrogen) atoms. The number of aryl methyl sites for hydroxylation is 1. The molecule has 0 amide bonds. The summed E-state index contributed by atoms with van der Waals surface area (Å²) in [5.41, 5.74) is 7.61. The standard InChI is InChI=1S/C15H22N4O/c1-11(2)19-15(14(16)12(3)18-19)17-9-10-20-13-7-5-4-6-8-13/h4-8,11,17H,9-10,16H2,1-3H3. The average molecular weight is 274 g/mol. The van der Waals surface area contributed by atoms with Crippen LogP contribution in [-0.4, -0.2) is 22.9 Å². The van der Waals surface area contributed by atoms with Crippen LogP contribution in [0.1, 0.15) is 25.6 Å². The minimum atomic E-state index is 0.267. The molecule has 2 aromatic rings. The van der Waals surface area contributed by atoms with Crippen LogP contribution in [0.5, 0.6) is 5.75 Å². The molecule has 0 bridgehead atoms. The molecule has 108 valence electrons. The van der Waals surface area contributed by atoms with Gasteiger partial charge in [-0.15, -0.1) is 0 Å². The molecule has 0 unspecified atom stereocenters. The highest BCUT2D eigenvalue weighted by Crippen LogP contribution is 2.25. The normalized spacial score (nSPS) is 10.8. The number of para-hydroxylation sites is 1. The quantitative estimate of drug-likeness (QED) is 0.795. The van der Waals surface area contributed by atoms with Gasteiger partial charge in [0.2, 0.25) is 0 Å². The lowest BCUT2D eigenvalue weighted by atomic mass is 10.3. The molecular weight excluding hydrogens is 252 g/mol. The maximum Gasteiger partial charge on any atom is 0.148 e. The summed E-state index contributed by atoms with van der Waals surface area (Å²) in [6, 6.07) is 10.0. The second-order valence-corrected chi connectivity index (χ2v) is 4.97. The molecule has 0 aliphatic heterocycles. The van der Waals surface area contributed by atoms with Gasteiger partial charge in [0.25, 0.3) is 0 Å². The Kier molecular flexibility index (Phi) is 4.50. The SMILES string of the molecule is Cc1nn(C(C)C)c(NCCOc2ccccc2)c1N. The minimum absolute atomic E-state index is 0.267. The summed E-state index contributed by atoms with van der Waals surface area (Å²) in [4.78, 5) is 0. The highest BCUT2D eigenvalue weighted by Gasteiger charge is 2.13. The first-order chi connectivity index (χ1) is 9.59. The van der Waals surface area contributed by atoms with Crippen LogP contribution in [0.25, 0.3) is 0 Å². The molecule has 0 radical (unpaired) electrons. The molecule has 5 heteroatoms. The van der Waals surface area contributed by atoms with E-state index in [1.807, 2.05) is 41.9 Å². The fourth-order valence-corrected chi connectivity index (χ4v) is 1.97. The Morgan fingerprint density at radius 1 is 1.30 bits per heavy atom. The van der Waals surface area contributed by atoms with Crippen LogP contribution in [0.15, 0.2) is 30.3 Å². The van der Waals surface area contributed by atoms with Gasteiger partial charge < -0.3 is 15.8 Å². The predicted molar refractivity (Wildman–Crippen MR) is 82.2 cm³/mol. The highest BCUT2D eigenvalue weighted by atomic mass is 16.5. The number of aromatic nitrogens is 2. The molecule has 0 saturated carbocycles. The van der Waals surface area contributed by atoms with Crippen molar-refractivity contribution in [2.75, 3.05) is 24.2 Å². The Balaban J connectivity index is 1.91. The van der Waals surface area contributed by atoms with Gasteiger partial charge in [-0.25, -0.2) is 4.68 Å². The van der Waals surface area contributed by atoms with Gasteiger partial charge >= 0.3 is 0 Å². The van der Waals surface area contributed by atoms with Crippen molar-refractivity contribution in [3.63, 3.8) is 0 Å².